The molecule has 2 nitrogen and oxygen atoms in total. The Morgan fingerprint density at radius 2 is 2.07 bits per heavy atom. The number of rotatable bonds is 2. The van der Waals surface area contributed by atoms with Crippen LogP contribution >= 0.6 is 7.14 Å². The van der Waals surface area contributed by atoms with Gasteiger partial charge in [-0.05, 0) is 25.0 Å². The molecule has 0 amide bonds. The molecule has 2 radical (unpaired) electrons. The maximum absolute atomic E-state index is 11.1. The molecule has 15 heavy (non-hydrogen) atoms. The zero-order valence-corrected chi connectivity index (χ0v) is 9.36. The molecule has 2 atom stereocenters. The van der Waals surface area contributed by atoms with E-state index in [1.54, 1.807) is 0 Å². The second kappa shape index (κ2) is 3.98. The summed E-state index contributed by atoms with van der Waals surface area (Å²) >= 11 is 0. The molecule has 0 spiro atoms. The minimum Gasteiger partial charge on any atom is -0.478 e. The van der Waals surface area contributed by atoms with Crippen molar-refractivity contribution >= 4 is 26.0 Å². The van der Waals surface area contributed by atoms with Gasteiger partial charge in [-0.3, -0.25) is 0 Å². The lowest BCUT2D eigenvalue weighted by atomic mass is 10.2. The Morgan fingerprint density at radius 3 is 2.67 bits per heavy atom. The van der Waals surface area contributed by atoms with E-state index in [9.17, 15) is 4.79 Å². The predicted octanol–water partition coefficient (Wildman–Crippen LogP) is 1.66. The topological polar surface area (TPSA) is 37.3 Å². The quantitative estimate of drug-likeness (QED) is 0.606. The van der Waals surface area contributed by atoms with Gasteiger partial charge in [0, 0.05) is 13.3 Å². The zero-order valence-electron chi connectivity index (χ0n) is 8.47. The van der Waals surface area contributed by atoms with Crippen molar-refractivity contribution in [3.05, 3.63) is 30.3 Å². The summed E-state index contributed by atoms with van der Waals surface area (Å²) in [4.78, 5) is 11.1. The fourth-order valence-electron chi connectivity index (χ4n) is 2.27. The Morgan fingerprint density at radius 1 is 1.40 bits per heavy atom. The average molecular weight is 219 g/mol. The highest BCUT2D eigenvalue weighted by molar-refractivity contribution is 8.04. The minimum atomic E-state index is -1.94. The monoisotopic (exact) mass is 219 g/mol. The molecule has 2 rings (SSSR count). The van der Waals surface area contributed by atoms with Crippen molar-refractivity contribution < 1.29 is 9.90 Å². The number of aliphatic carboxylic acids is 1. The van der Waals surface area contributed by atoms with Crippen LogP contribution in [0.3, 0.4) is 0 Å². The van der Waals surface area contributed by atoms with Gasteiger partial charge in [-0.2, -0.15) is 0 Å². The Balaban J connectivity index is 2.37. The van der Waals surface area contributed by atoms with Crippen molar-refractivity contribution in [3.63, 3.8) is 0 Å². The molecule has 1 aromatic rings. The number of carboxylic acids is 1. The number of benzene rings is 1. The molecule has 76 valence electrons. The molecule has 4 heteroatoms. The number of carboxylic acid groups (broad SMARTS) is 1. The van der Waals surface area contributed by atoms with Crippen LogP contribution in [-0.2, 0) is 4.79 Å². The van der Waals surface area contributed by atoms with Gasteiger partial charge in [0.1, 0.15) is 0 Å². The van der Waals surface area contributed by atoms with E-state index in [0.717, 1.165) is 24.3 Å². The number of hydrogen-bond donors (Lipinski definition) is 1. The predicted molar refractivity (Wildman–Crippen MR) is 64.3 cm³/mol. The van der Waals surface area contributed by atoms with Crippen LogP contribution in [0.2, 0.25) is 0 Å². The third-order valence-electron chi connectivity index (χ3n) is 3.08. The first kappa shape index (κ1) is 10.7. The molecule has 1 unspecified atom stereocenters. The van der Waals surface area contributed by atoms with E-state index in [1.165, 1.54) is 0 Å². The van der Waals surface area contributed by atoms with E-state index in [4.69, 9.17) is 12.7 Å². The molecular weight excluding hydrogens is 206 g/mol. The Labute approximate surface area is 91.4 Å². The summed E-state index contributed by atoms with van der Waals surface area (Å²) in [5.41, 5.74) is -0.333. The van der Waals surface area contributed by atoms with Gasteiger partial charge in [-0.15, -0.1) is 0 Å². The third-order valence-corrected chi connectivity index (χ3v) is 6.99. The van der Waals surface area contributed by atoms with Crippen LogP contribution in [0.4, 0.5) is 0 Å². The zero-order chi connectivity index (χ0) is 10.9. The largest absolute Gasteiger partial charge is 0.478 e. The highest BCUT2D eigenvalue weighted by Gasteiger charge is 2.51. The lowest BCUT2D eigenvalue weighted by Gasteiger charge is -2.22. The van der Waals surface area contributed by atoms with Crippen molar-refractivity contribution in [2.45, 2.75) is 18.5 Å². The van der Waals surface area contributed by atoms with Gasteiger partial charge in [-0.1, -0.05) is 18.2 Å². The highest BCUT2D eigenvalue weighted by atomic mass is 31.2. The van der Waals surface area contributed by atoms with E-state index in [2.05, 4.69) is 0 Å². The second-order valence-electron chi connectivity index (χ2n) is 3.99. The van der Waals surface area contributed by atoms with E-state index in [0.29, 0.717) is 0 Å². The molecule has 0 aliphatic carbocycles. The molecule has 0 bridgehead atoms. The fraction of sp³-hybridized carbons (Fsp3) is 0.364. The van der Waals surface area contributed by atoms with Crippen LogP contribution in [-0.4, -0.2) is 30.5 Å². The van der Waals surface area contributed by atoms with Gasteiger partial charge in [0.2, 0.25) is 0 Å². The van der Waals surface area contributed by atoms with Crippen LogP contribution in [0.25, 0.3) is 0 Å². The molecule has 1 fully saturated rings. The summed E-state index contributed by atoms with van der Waals surface area (Å²) in [7, 11) is 4.42. The average Bonchev–Trinajstić information content (AvgIpc) is 2.63. The van der Waals surface area contributed by atoms with Crippen LogP contribution in [0.1, 0.15) is 12.8 Å². The van der Waals surface area contributed by atoms with Crippen molar-refractivity contribution in [1.82, 2.24) is 0 Å². The van der Waals surface area contributed by atoms with Crippen molar-refractivity contribution in [2.24, 2.45) is 0 Å². The van der Waals surface area contributed by atoms with Gasteiger partial charge in [0.05, 0.1) is 5.30 Å². The van der Waals surface area contributed by atoms with Crippen LogP contribution in [0.15, 0.2) is 30.3 Å². The lowest BCUT2D eigenvalue weighted by molar-refractivity contribution is -0.136. The lowest BCUT2D eigenvalue weighted by Crippen LogP contribution is -2.27. The summed E-state index contributed by atoms with van der Waals surface area (Å²) in [5, 5.41) is 10.2. The van der Waals surface area contributed by atoms with Crippen molar-refractivity contribution in [3.8, 4) is 0 Å². The van der Waals surface area contributed by atoms with E-state index >= 15 is 0 Å². The van der Waals surface area contributed by atoms with E-state index < -0.39 is 13.1 Å². The Hall–Kier alpha value is -0.815. The molecular formula is C11H13BO2P+. The number of carbonyl (C=O) groups is 1. The normalized spacial score (nSPS) is 30.3. The third kappa shape index (κ3) is 1.81. The van der Waals surface area contributed by atoms with Gasteiger partial charge in [0.25, 0.3) is 0 Å². The summed E-state index contributed by atoms with van der Waals surface area (Å²) in [6, 6.07) is 9.73. The molecule has 1 heterocycles. The molecule has 1 N–H and O–H groups in total. The smallest absolute Gasteiger partial charge is 0.372 e. The second-order valence-corrected chi connectivity index (χ2v) is 7.43. The Kier molecular flexibility index (Phi) is 2.84. The summed E-state index contributed by atoms with van der Waals surface area (Å²) < 4.78 is 0. The summed E-state index contributed by atoms with van der Waals surface area (Å²) in [5.74, 6) is -0.729. The first-order valence-electron chi connectivity index (χ1n) is 5.09. The van der Waals surface area contributed by atoms with Gasteiger partial charge in [-0.25, -0.2) is 4.79 Å². The van der Waals surface area contributed by atoms with E-state index in [-0.39, 0.29) is 5.66 Å². The van der Waals surface area contributed by atoms with E-state index in [1.807, 2.05) is 30.3 Å². The first-order chi connectivity index (χ1) is 7.14. The van der Waals surface area contributed by atoms with Gasteiger partial charge in [0.15, 0.2) is 5.66 Å². The van der Waals surface area contributed by atoms with Crippen molar-refractivity contribution in [1.29, 1.82) is 0 Å². The van der Waals surface area contributed by atoms with Gasteiger partial charge >= 0.3 is 13.5 Å². The van der Waals surface area contributed by atoms with Crippen molar-refractivity contribution in [2.75, 3.05) is 6.16 Å². The van der Waals surface area contributed by atoms with Crippen LogP contribution < -0.4 is 5.30 Å². The molecule has 1 aliphatic heterocycles. The highest BCUT2D eigenvalue weighted by Crippen LogP contribution is 2.63. The molecule has 1 aliphatic rings. The number of hydrogen-bond acceptors (Lipinski definition) is 1. The maximum atomic E-state index is 11.1. The maximum Gasteiger partial charge on any atom is 0.372 e. The molecule has 1 saturated heterocycles. The van der Waals surface area contributed by atoms with Gasteiger partial charge < -0.3 is 5.11 Å². The van der Waals surface area contributed by atoms with Crippen LogP contribution in [0, 0.1) is 0 Å². The first-order valence-corrected chi connectivity index (χ1v) is 7.20. The minimum absolute atomic E-state index is 0.333. The molecule has 0 aromatic heterocycles. The molecule has 1 aromatic carbocycles. The summed E-state index contributed by atoms with van der Waals surface area (Å²) in [6.07, 6.45) is 2.54. The Bertz CT molecular complexity index is 368. The fourth-order valence-corrected chi connectivity index (χ4v) is 5.67. The van der Waals surface area contributed by atoms with Crippen LogP contribution in [0.5, 0.6) is 0 Å². The standard InChI is InChI=1S/C11H13BO2P/c12-15(9-5-2-1-3-6-9)8-4-7-10(15)11(13)14/h1-3,5-6,10H,4,7-8H2,(H,13,14)/q+1/t10-,15?/m1/s1. The summed E-state index contributed by atoms with van der Waals surface area (Å²) in [6.45, 7) is 0. The molecule has 0 saturated carbocycles. The SMILES string of the molecule is [B][P+]1(c2ccccc2)CCC[C@@H]1C(=O)O.